The third-order valence-electron chi connectivity index (χ3n) is 3.74. The SMILES string of the molecule is CN(C)C(N)Cc1c[nH]c2ccc(Cn3cncn3)cc12. The molecule has 2 aromatic heterocycles. The zero-order chi connectivity index (χ0) is 14.8. The van der Waals surface area contributed by atoms with Crippen molar-refractivity contribution in [1.29, 1.82) is 0 Å². The first kappa shape index (κ1) is 13.8. The van der Waals surface area contributed by atoms with Crippen LogP contribution in [0.3, 0.4) is 0 Å². The third kappa shape index (κ3) is 2.96. The molecule has 1 aromatic carbocycles. The molecule has 1 atom stereocenters. The minimum absolute atomic E-state index is 0.0166. The Kier molecular flexibility index (Phi) is 3.72. The third-order valence-corrected chi connectivity index (χ3v) is 3.74. The lowest BCUT2D eigenvalue weighted by molar-refractivity contribution is 0.299. The summed E-state index contributed by atoms with van der Waals surface area (Å²) in [5.41, 5.74) is 9.72. The van der Waals surface area contributed by atoms with Gasteiger partial charge in [-0.25, -0.2) is 9.67 Å². The molecule has 6 nitrogen and oxygen atoms in total. The minimum atomic E-state index is 0.0166. The van der Waals surface area contributed by atoms with Crippen LogP contribution in [0, 0.1) is 0 Å². The molecule has 6 heteroatoms. The topological polar surface area (TPSA) is 75.8 Å². The molecule has 0 amide bonds. The Bertz CT molecular complexity index is 713. The lowest BCUT2D eigenvalue weighted by Crippen LogP contribution is -2.38. The molecule has 0 aliphatic rings. The van der Waals surface area contributed by atoms with Gasteiger partial charge < -0.3 is 10.7 Å². The van der Waals surface area contributed by atoms with E-state index in [1.54, 1.807) is 12.7 Å². The van der Waals surface area contributed by atoms with Crippen LogP contribution in [0.4, 0.5) is 0 Å². The number of likely N-dealkylation sites (N-methyl/N-ethyl adjacent to an activating group) is 1. The molecule has 0 bridgehead atoms. The monoisotopic (exact) mass is 284 g/mol. The molecular formula is C15H20N6. The van der Waals surface area contributed by atoms with Crippen molar-refractivity contribution in [3.8, 4) is 0 Å². The Morgan fingerprint density at radius 1 is 1.38 bits per heavy atom. The van der Waals surface area contributed by atoms with Gasteiger partial charge in [0, 0.05) is 23.5 Å². The predicted molar refractivity (Wildman–Crippen MR) is 82.8 cm³/mol. The van der Waals surface area contributed by atoms with Gasteiger partial charge in [0.2, 0.25) is 0 Å². The van der Waals surface area contributed by atoms with Gasteiger partial charge >= 0.3 is 0 Å². The van der Waals surface area contributed by atoms with E-state index in [2.05, 4.69) is 33.3 Å². The van der Waals surface area contributed by atoms with Crippen LogP contribution in [0.2, 0.25) is 0 Å². The van der Waals surface area contributed by atoms with Crippen molar-refractivity contribution in [2.24, 2.45) is 5.73 Å². The van der Waals surface area contributed by atoms with Crippen LogP contribution in [0.5, 0.6) is 0 Å². The van der Waals surface area contributed by atoms with Gasteiger partial charge in [-0.15, -0.1) is 0 Å². The highest BCUT2D eigenvalue weighted by Crippen LogP contribution is 2.21. The highest BCUT2D eigenvalue weighted by Gasteiger charge is 2.11. The maximum atomic E-state index is 6.14. The van der Waals surface area contributed by atoms with E-state index < -0.39 is 0 Å². The van der Waals surface area contributed by atoms with Gasteiger partial charge in [0.1, 0.15) is 12.7 Å². The van der Waals surface area contributed by atoms with E-state index in [0.29, 0.717) is 0 Å². The van der Waals surface area contributed by atoms with Crippen molar-refractivity contribution in [2.75, 3.05) is 14.1 Å². The highest BCUT2D eigenvalue weighted by atomic mass is 15.3. The van der Waals surface area contributed by atoms with E-state index in [4.69, 9.17) is 5.73 Å². The van der Waals surface area contributed by atoms with E-state index >= 15 is 0 Å². The van der Waals surface area contributed by atoms with Gasteiger partial charge in [0.15, 0.2) is 0 Å². The van der Waals surface area contributed by atoms with E-state index in [-0.39, 0.29) is 6.17 Å². The molecular weight excluding hydrogens is 264 g/mol. The molecule has 3 N–H and O–H groups in total. The summed E-state index contributed by atoms with van der Waals surface area (Å²) in [4.78, 5) is 9.31. The van der Waals surface area contributed by atoms with Crippen molar-refractivity contribution in [2.45, 2.75) is 19.1 Å². The van der Waals surface area contributed by atoms with Gasteiger partial charge in [-0.1, -0.05) is 6.07 Å². The molecule has 0 saturated carbocycles. The van der Waals surface area contributed by atoms with E-state index in [9.17, 15) is 0 Å². The van der Waals surface area contributed by atoms with E-state index in [0.717, 1.165) is 18.5 Å². The zero-order valence-corrected chi connectivity index (χ0v) is 12.3. The van der Waals surface area contributed by atoms with Crippen molar-refractivity contribution in [3.05, 3.63) is 48.2 Å². The smallest absolute Gasteiger partial charge is 0.137 e. The van der Waals surface area contributed by atoms with Crippen LogP contribution >= 0.6 is 0 Å². The molecule has 110 valence electrons. The van der Waals surface area contributed by atoms with Gasteiger partial charge in [0.05, 0.1) is 12.7 Å². The number of hydrogen-bond donors (Lipinski definition) is 2. The minimum Gasteiger partial charge on any atom is -0.361 e. The lowest BCUT2D eigenvalue weighted by atomic mass is 10.1. The number of H-pyrrole nitrogens is 1. The summed E-state index contributed by atoms with van der Waals surface area (Å²) in [6, 6.07) is 6.41. The molecule has 0 aliphatic carbocycles. The standard InChI is InChI=1S/C15H20N6/c1-20(2)15(16)6-12-7-18-14-4-3-11(5-13(12)14)8-21-10-17-9-19-21/h3-5,7,9-10,15,18H,6,8,16H2,1-2H3. The lowest BCUT2D eigenvalue weighted by Gasteiger charge is -2.19. The number of aromatic amines is 1. The predicted octanol–water partition coefficient (Wildman–Crippen LogP) is 1.20. The number of rotatable bonds is 5. The summed E-state index contributed by atoms with van der Waals surface area (Å²) in [7, 11) is 3.99. The van der Waals surface area contributed by atoms with Crippen molar-refractivity contribution >= 4 is 10.9 Å². The van der Waals surface area contributed by atoms with E-state index in [1.807, 2.05) is 29.9 Å². The zero-order valence-electron chi connectivity index (χ0n) is 12.3. The summed E-state index contributed by atoms with van der Waals surface area (Å²) in [5, 5.41) is 5.37. The fraction of sp³-hybridized carbons (Fsp3) is 0.333. The number of benzene rings is 1. The quantitative estimate of drug-likeness (QED) is 0.690. The van der Waals surface area contributed by atoms with Crippen LogP contribution in [-0.4, -0.2) is 44.9 Å². The van der Waals surface area contributed by atoms with Gasteiger partial charge in [0.25, 0.3) is 0 Å². The van der Waals surface area contributed by atoms with Gasteiger partial charge in [-0.2, -0.15) is 5.10 Å². The first-order chi connectivity index (χ1) is 10.1. The molecule has 3 aromatic rings. The van der Waals surface area contributed by atoms with E-state index in [1.165, 1.54) is 16.5 Å². The Labute approximate surface area is 123 Å². The summed E-state index contributed by atoms with van der Waals surface area (Å²) in [6.07, 6.45) is 6.16. The number of fused-ring (bicyclic) bond motifs is 1. The van der Waals surface area contributed by atoms with Crippen LogP contribution < -0.4 is 5.73 Å². The van der Waals surface area contributed by atoms with Crippen LogP contribution in [0.1, 0.15) is 11.1 Å². The first-order valence-electron chi connectivity index (χ1n) is 6.97. The van der Waals surface area contributed by atoms with Gasteiger partial charge in [-0.05, 0) is 37.4 Å². The second-order valence-corrected chi connectivity index (χ2v) is 5.52. The van der Waals surface area contributed by atoms with Crippen LogP contribution in [0.15, 0.2) is 37.1 Å². The van der Waals surface area contributed by atoms with Crippen LogP contribution in [0.25, 0.3) is 10.9 Å². The van der Waals surface area contributed by atoms with Gasteiger partial charge in [-0.3, -0.25) is 4.90 Å². The number of hydrogen-bond acceptors (Lipinski definition) is 4. The fourth-order valence-electron chi connectivity index (χ4n) is 2.40. The Morgan fingerprint density at radius 3 is 2.95 bits per heavy atom. The molecule has 0 fully saturated rings. The Hall–Kier alpha value is -2.18. The largest absolute Gasteiger partial charge is 0.361 e. The Morgan fingerprint density at radius 2 is 2.24 bits per heavy atom. The molecule has 1 unspecified atom stereocenters. The maximum Gasteiger partial charge on any atom is 0.137 e. The van der Waals surface area contributed by atoms with Crippen molar-refractivity contribution in [1.82, 2.24) is 24.6 Å². The fourth-order valence-corrected chi connectivity index (χ4v) is 2.40. The summed E-state index contributed by atoms with van der Waals surface area (Å²) in [5.74, 6) is 0. The number of aromatic nitrogens is 4. The number of nitrogens with zero attached hydrogens (tertiary/aromatic N) is 4. The second-order valence-electron chi connectivity index (χ2n) is 5.52. The van der Waals surface area contributed by atoms with Crippen molar-refractivity contribution in [3.63, 3.8) is 0 Å². The summed E-state index contributed by atoms with van der Waals surface area (Å²) >= 11 is 0. The normalized spacial score (nSPS) is 13.1. The molecule has 0 spiro atoms. The Balaban J connectivity index is 1.88. The highest BCUT2D eigenvalue weighted by molar-refractivity contribution is 5.84. The molecule has 3 rings (SSSR count). The van der Waals surface area contributed by atoms with Crippen LogP contribution in [-0.2, 0) is 13.0 Å². The molecule has 0 radical (unpaired) electrons. The molecule has 2 heterocycles. The molecule has 0 saturated heterocycles. The molecule has 0 aliphatic heterocycles. The molecule has 21 heavy (non-hydrogen) atoms. The average molecular weight is 284 g/mol. The number of nitrogens with two attached hydrogens (primary N) is 1. The first-order valence-corrected chi connectivity index (χ1v) is 6.97. The average Bonchev–Trinajstić information content (AvgIpc) is 3.09. The second kappa shape index (κ2) is 5.67. The number of nitrogens with one attached hydrogen (secondary N) is 1. The van der Waals surface area contributed by atoms with Crippen molar-refractivity contribution < 1.29 is 0 Å². The summed E-state index contributed by atoms with van der Waals surface area (Å²) in [6.45, 7) is 0.723. The maximum absolute atomic E-state index is 6.14. The summed E-state index contributed by atoms with van der Waals surface area (Å²) < 4.78 is 1.82.